The lowest BCUT2D eigenvalue weighted by Crippen LogP contribution is -2.35. The first-order chi connectivity index (χ1) is 10.4. The van der Waals surface area contributed by atoms with Crippen molar-refractivity contribution in [2.75, 3.05) is 48.3 Å². The number of quaternary nitrogens is 1. The Balaban J connectivity index is 2.08. The van der Waals surface area contributed by atoms with E-state index in [0.29, 0.717) is 0 Å². The zero-order valence-corrected chi connectivity index (χ0v) is 15.6. The van der Waals surface area contributed by atoms with Gasteiger partial charge < -0.3 is 9.38 Å². The zero-order valence-electron chi connectivity index (χ0n) is 15.6. The van der Waals surface area contributed by atoms with Crippen LogP contribution in [0, 0.1) is 0 Å². The second-order valence-corrected chi connectivity index (χ2v) is 7.83. The summed E-state index contributed by atoms with van der Waals surface area (Å²) in [5.41, 5.74) is 0. The summed E-state index contributed by atoms with van der Waals surface area (Å²) in [7, 11) is 11.1. The summed E-state index contributed by atoms with van der Waals surface area (Å²) in [5.74, 6) is 0. The molecule has 0 aliphatic rings. The van der Waals surface area contributed by atoms with Crippen molar-refractivity contribution in [1.29, 1.82) is 0 Å². The molecular weight excluding hydrogens is 272 g/mol. The van der Waals surface area contributed by atoms with Crippen molar-refractivity contribution in [1.82, 2.24) is 9.47 Å². The normalized spacial score (nSPS) is 12.3. The topological polar surface area (TPSA) is 12.1 Å². The van der Waals surface area contributed by atoms with Gasteiger partial charge in [-0.25, -0.2) is 9.13 Å². The number of aromatic nitrogens is 2. The van der Waals surface area contributed by atoms with E-state index in [-0.39, 0.29) is 0 Å². The predicted molar refractivity (Wildman–Crippen MR) is 93.8 cm³/mol. The molecule has 0 spiro atoms. The summed E-state index contributed by atoms with van der Waals surface area (Å²) in [5, 5.41) is 0. The van der Waals surface area contributed by atoms with Gasteiger partial charge in [0.25, 0.3) is 0 Å². The number of aryl methyl sites for hydroxylation is 2. The van der Waals surface area contributed by atoms with Gasteiger partial charge in [-0.3, -0.25) is 0 Å². The van der Waals surface area contributed by atoms with Crippen LogP contribution in [0.1, 0.15) is 38.5 Å². The molecule has 0 N–H and O–H groups in total. The summed E-state index contributed by atoms with van der Waals surface area (Å²) < 4.78 is 5.75. The Labute approximate surface area is 137 Å². The molecule has 128 valence electrons. The number of imidazole rings is 1. The van der Waals surface area contributed by atoms with Gasteiger partial charge in [-0.05, 0) is 59.2 Å². The second-order valence-electron chi connectivity index (χ2n) is 7.83. The first-order valence-electron chi connectivity index (χ1n) is 8.87. The molecule has 1 aromatic rings. The molecule has 0 bridgehead atoms. The van der Waals surface area contributed by atoms with Crippen molar-refractivity contribution in [2.45, 2.75) is 51.6 Å². The summed E-state index contributed by atoms with van der Waals surface area (Å²) in [6.45, 7) is 4.80. The van der Waals surface area contributed by atoms with Crippen LogP contribution >= 0.6 is 0 Å². The minimum Gasteiger partial charge on any atom is -0.331 e. The molecule has 0 aromatic carbocycles. The van der Waals surface area contributed by atoms with Crippen LogP contribution in [0.15, 0.2) is 18.7 Å². The van der Waals surface area contributed by atoms with Crippen LogP contribution in [0.3, 0.4) is 0 Å². The Morgan fingerprint density at radius 3 is 2.36 bits per heavy atom. The van der Waals surface area contributed by atoms with Gasteiger partial charge in [-0.15, -0.1) is 0 Å². The van der Waals surface area contributed by atoms with Crippen LogP contribution in [0.25, 0.3) is 0 Å². The monoisotopic (exact) mass is 310 g/mol. The standard InChI is InChI=1S/C18H38N4/c1-19(2)12-8-6-9-13-20-15-16-21(18-20)14-10-7-11-17-22(3,4)5/h15-16,18H,6-14,17H2,1-5H3/q+2. The lowest BCUT2D eigenvalue weighted by molar-refractivity contribution is -0.870. The van der Waals surface area contributed by atoms with E-state index < -0.39 is 0 Å². The molecule has 4 nitrogen and oxygen atoms in total. The fourth-order valence-corrected chi connectivity index (χ4v) is 2.66. The van der Waals surface area contributed by atoms with E-state index in [1.165, 1.54) is 51.6 Å². The Morgan fingerprint density at radius 2 is 1.68 bits per heavy atom. The average Bonchev–Trinajstić information content (AvgIpc) is 2.84. The number of hydrogen-bond acceptors (Lipinski definition) is 1. The maximum absolute atomic E-state index is 2.34. The third-order valence-corrected chi connectivity index (χ3v) is 4.01. The summed E-state index contributed by atoms with van der Waals surface area (Å²) in [6, 6.07) is 0. The fraction of sp³-hybridized carbons (Fsp3) is 0.833. The molecule has 4 heteroatoms. The van der Waals surface area contributed by atoms with Crippen molar-refractivity contribution in [3.63, 3.8) is 0 Å². The molecule has 0 radical (unpaired) electrons. The van der Waals surface area contributed by atoms with Gasteiger partial charge in [0.15, 0.2) is 0 Å². The third-order valence-electron chi connectivity index (χ3n) is 4.01. The molecule has 0 unspecified atom stereocenters. The highest BCUT2D eigenvalue weighted by atomic mass is 15.3. The highest BCUT2D eigenvalue weighted by Gasteiger charge is 2.07. The van der Waals surface area contributed by atoms with E-state index in [9.17, 15) is 0 Å². The lowest BCUT2D eigenvalue weighted by atomic mass is 10.2. The van der Waals surface area contributed by atoms with E-state index >= 15 is 0 Å². The van der Waals surface area contributed by atoms with E-state index in [4.69, 9.17) is 0 Å². The van der Waals surface area contributed by atoms with Crippen molar-refractivity contribution >= 4 is 0 Å². The van der Waals surface area contributed by atoms with Crippen LogP contribution < -0.4 is 4.57 Å². The molecule has 0 saturated heterocycles. The molecule has 0 fully saturated rings. The van der Waals surface area contributed by atoms with Gasteiger partial charge in [0.05, 0.1) is 40.8 Å². The van der Waals surface area contributed by atoms with E-state index in [1.54, 1.807) is 0 Å². The maximum Gasteiger partial charge on any atom is 0.243 e. The van der Waals surface area contributed by atoms with E-state index in [1.807, 2.05) is 0 Å². The van der Waals surface area contributed by atoms with Crippen molar-refractivity contribution in [3.8, 4) is 0 Å². The molecule has 0 saturated carbocycles. The van der Waals surface area contributed by atoms with E-state index in [2.05, 4.69) is 68.0 Å². The van der Waals surface area contributed by atoms with Gasteiger partial charge in [-0.1, -0.05) is 0 Å². The van der Waals surface area contributed by atoms with E-state index in [0.717, 1.165) is 17.6 Å². The van der Waals surface area contributed by atoms with Crippen molar-refractivity contribution in [3.05, 3.63) is 18.7 Å². The quantitative estimate of drug-likeness (QED) is 0.328. The minimum absolute atomic E-state index is 1.08. The molecule has 0 aliphatic carbocycles. The molecule has 1 heterocycles. The third kappa shape index (κ3) is 9.96. The highest BCUT2D eigenvalue weighted by Crippen LogP contribution is 2.02. The largest absolute Gasteiger partial charge is 0.331 e. The Morgan fingerprint density at radius 1 is 0.955 bits per heavy atom. The van der Waals surface area contributed by atoms with Gasteiger partial charge in [0.1, 0.15) is 12.4 Å². The first kappa shape index (κ1) is 19.2. The smallest absolute Gasteiger partial charge is 0.243 e. The number of hydrogen-bond donors (Lipinski definition) is 0. The van der Waals surface area contributed by atoms with Crippen LogP contribution in [0.2, 0.25) is 0 Å². The number of unbranched alkanes of at least 4 members (excludes halogenated alkanes) is 4. The average molecular weight is 311 g/mol. The van der Waals surface area contributed by atoms with Crippen LogP contribution in [0.5, 0.6) is 0 Å². The Bertz CT molecular complexity index is 390. The van der Waals surface area contributed by atoms with Crippen molar-refractivity contribution < 1.29 is 9.05 Å². The Kier molecular flexibility index (Phi) is 8.72. The Hall–Kier alpha value is -0.870. The first-order valence-corrected chi connectivity index (χ1v) is 8.87. The maximum atomic E-state index is 2.34. The molecule has 0 aliphatic heterocycles. The molecule has 22 heavy (non-hydrogen) atoms. The lowest BCUT2D eigenvalue weighted by Gasteiger charge is -2.23. The minimum atomic E-state index is 1.08. The molecule has 0 atom stereocenters. The van der Waals surface area contributed by atoms with Crippen molar-refractivity contribution in [2.24, 2.45) is 0 Å². The molecule has 1 aromatic heterocycles. The molecular formula is C18H38N4+2. The zero-order chi connectivity index (χ0) is 16.4. The SMILES string of the molecule is CN(C)CCCCCn1cc[n+](CCCCC[N+](C)(C)C)c1. The highest BCUT2D eigenvalue weighted by molar-refractivity contribution is 4.66. The summed E-state index contributed by atoms with van der Waals surface area (Å²) in [4.78, 5) is 2.27. The van der Waals surface area contributed by atoms with Crippen LogP contribution in [-0.4, -0.2) is 62.3 Å². The summed E-state index contributed by atoms with van der Waals surface area (Å²) in [6.07, 6.45) is 14.6. The van der Waals surface area contributed by atoms with Crippen LogP contribution in [-0.2, 0) is 13.1 Å². The van der Waals surface area contributed by atoms with Gasteiger partial charge >= 0.3 is 0 Å². The molecule has 0 amide bonds. The number of rotatable bonds is 12. The van der Waals surface area contributed by atoms with Gasteiger partial charge in [0, 0.05) is 0 Å². The fourth-order valence-electron chi connectivity index (χ4n) is 2.66. The predicted octanol–water partition coefficient (Wildman–Crippen LogP) is 2.38. The molecule has 1 rings (SSSR count). The summed E-state index contributed by atoms with van der Waals surface area (Å²) >= 11 is 0. The second kappa shape index (κ2) is 10.0. The number of nitrogens with zero attached hydrogens (tertiary/aromatic N) is 4. The van der Waals surface area contributed by atoms with Gasteiger partial charge in [-0.2, -0.15) is 0 Å². The van der Waals surface area contributed by atoms with Crippen LogP contribution in [0.4, 0.5) is 0 Å². The van der Waals surface area contributed by atoms with Gasteiger partial charge in [0.2, 0.25) is 6.33 Å².